The summed E-state index contributed by atoms with van der Waals surface area (Å²) in [7, 11) is 0. The lowest BCUT2D eigenvalue weighted by molar-refractivity contribution is -0.112. The van der Waals surface area contributed by atoms with Crippen molar-refractivity contribution in [3.05, 3.63) is 30.1 Å². The van der Waals surface area contributed by atoms with Crippen molar-refractivity contribution in [2.45, 2.75) is 51.3 Å². The lowest BCUT2D eigenvalue weighted by Gasteiger charge is -2.30. The molecular weight excluding hydrogens is 256 g/mol. The van der Waals surface area contributed by atoms with Gasteiger partial charge in [-0.1, -0.05) is 6.07 Å². The molecule has 1 aromatic heterocycles. The van der Waals surface area contributed by atoms with Crippen molar-refractivity contribution in [1.29, 1.82) is 0 Å². The molecule has 0 aromatic carbocycles. The second kappa shape index (κ2) is 5.61. The van der Waals surface area contributed by atoms with Gasteiger partial charge in [0.1, 0.15) is 11.9 Å². The van der Waals surface area contributed by atoms with Gasteiger partial charge in [0.15, 0.2) is 0 Å². The Morgan fingerprint density at radius 2 is 2.20 bits per heavy atom. The minimum atomic E-state index is -0.577. The normalized spacial score (nSPS) is 22.6. The Balaban J connectivity index is 2.24. The number of aldehydes is 1. The van der Waals surface area contributed by atoms with E-state index in [-0.39, 0.29) is 6.04 Å². The van der Waals surface area contributed by atoms with Crippen LogP contribution in [-0.2, 0) is 9.53 Å². The number of nitrogens with zero attached hydrogens (tertiary/aromatic N) is 2. The van der Waals surface area contributed by atoms with Crippen LogP contribution >= 0.6 is 0 Å². The van der Waals surface area contributed by atoms with Crippen LogP contribution in [0.3, 0.4) is 0 Å². The Morgan fingerprint density at radius 3 is 2.75 bits per heavy atom. The highest BCUT2D eigenvalue weighted by Crippen LogP contribution is 2.36. The maximum Gasteiger partial charge on any atom is 0.411 e. The third kappa shape index (κ3) is 3.15. The van der Waals surface area contributed by atoms with E-state index in [1.54, 1.807) is 12.4 Å². The van der Waals surface area contributed by atoms with E-state index in [1.807, 2.05) is 32.9 Å². The standard InChI is InChI=1S/C15H20N2O3/c1-15(2,3)20-14(19)17-12(10-18)6-7-13(17)11-5-4-8-16-9-11/h4-5,8-10,12-13H,6-7H2,1-3H3/t12-,13+/m0/s1. The van der Waals surface area contributed by atoms with Gasteiger partial charge in [-0.2, -0.15) is 0 Å². The van der Waals surface area contributed by atoms with E-state index in [2.05, 4.69) is 4.98 Å². The van der Waals surface area contributed by atoms with E-state index in [0.717, 1.165) is 18.3 Å². The van der Waals surface area contributed by atoms with Gasteiger partial charge in [0.25, 0.3) is 0 Å². The highest BCUT2D eigenvalue weighted by molar-refractivity contribution is 5.75. The quantitative estimate of drug-likeness (QED) is 0.779. The summed E-state index contributed by atoms with van der Waals surface area (Å²) in [6, 6.07) is 3.18. The minimum absolute atomic E-state index is 0.145. The van der Waals surface area contributed by atoms with Crippen molar-refractivity contribution in [2.24, 2.45) is 0 Å². The third-order valence-electron chi connectivity index (χ3n) is 3.26. The van der Waals surface area contributed by atoms with Crippen molar-refractivity contribution >= 4 is 12.4 Å². The maximum absolute atomic E-state index is 12.3. The predicted molar refractivity (Wildman–Crippen MR) is 74.1 cm³/mol. The average molecular weight is 276 g/mol. The summed E-state index contributed by atoms with van der Waals surface area (Å²) >= 11 is 0. The number of likely N-dealkylation sites (tertiary alicyclic amines) is 1. The van der Waals surface area contributed by atoms with E-state index in [4.69, 9.17) is 4.74 Å². The van der Waals surface area contributed by atoms with Gasteiger partial charge < -0.3 is 9.53 Å². The van der Waals surface area contributed by atoms with Gasteiger partial charge in [0.2, 0.25) is 0 Å². The second-order valence-corrected chi connectivity index (χ2v) is 5.97. The molecule has 5 nitrogen and oxygen atoms in total. The summed E-state index contributed by atoms with van der Waals surface area (Å²) in [6.45, 7) is 5.45. The Bertz CT molecular complexity index is 482. The van der Waals surface area contributed by atoms with Crippen LogP contribution in [-0.4, -0.2) is 33.9 Å². The largest absolute Gasteiger partial charge is 0.444 e. The minimum Gasteiger partial charge on any atom is -0.444 e. The van der Waals surface area contributed by atoms with E-state index in [0.29, 0.717) is 6.42 Å². The van der Waals surface area contributed by atoms with Gasteiger partial charge >= 0.3 is 6.09 Å². The lowest BCUT2D eigenvalue weighted by Crippen LogP contribution is -2.41. The first kappa shape index (κ1) is 14.5. The third-order valence-corrected chi connectivity index (χ3v) is 3.26. The van der Waals surface area contributed by atoms with Crippen LogP contribution in [0.4, 0.5) is 4.79 Å². The lowest BCUT2D eigenvalue weighted by atomic mass is 10.1. The number of amides is 1. The number of ether oxygens (including phenoxy) is 1. The summed E-state index contributed by atoms with van der Waals surface area (Å²) in [5.41, 5.74) is 0.356. The van der Waals surface area contributed by atoms with E-state index in [1.165, 1.54) is 4.90 Å². The van der Waals surface area contributed by atoms with Gasteiger partial charge in [0, 0.05) is 12.4 Å². The number of carbonyl (C=O) groups excluding carboxylic acids is 2. The smallest absolute Gasteiger partial charge is 0.411 e. The average Bonchev–Trinajstić information content (AvgIpc) is 2.81. The number of hydrogen-bond donors (Lipinski definition) is 0. The fourth-order valence-electron chi connectivity index (χ4n) is 2.45. The molecule has 0 bridgehead atoms. The Morgan fingerprint density at radius 1 is 1.45 bits per heavy atom. The van der Waals surface area contributed by atoms with Gasteiger partial charge in [0.05, 0.1) is 12.1 Å². The number of rotatable bonds is 2. The molecule has 1 aromatic rings. The summed E-state index contributed by atoms with van der Waals surface area (Å²) in [4.78, 5) is 29.2. The molecule has 0 unspecified atom stereocenters. The van der Waals surface area contributed by atoms with Crippen LogP contribution in [0.25, 0.3) is 0 Å². The molecule has 2 atom stereocenters. The molecule has 5 heteroatoms. The predicted octanol–water partition coefficient (Wildman–Crippen LogP) is 2.72. The van der Waals surface area contributed by atoms with E-state index < -0.39 is 17.7 Å². The Hall–Kier alpha value is -1.91. The zero-order valence-electron chi connectivity index (χ0n) is 12.1. The van der Waals surface area contributed by atoms with Crippen LogP contribution in [0.5, 0.6) is 0 Å². The Labute approximate surface area is 118 Å². The number of pyridine rings is 1. The highest BCUT2D eigenvalue weighted by Gasteiger charge is 2.39. The summed E-state index contributed by atoms with van der Waals surface area (Å²) in [5, 5.41) is 0. The molecule has 1 aliphatic heterocycles. The van der Waals surface area contributed by atoms with Crippen LogP contribution < -0.4 is 0 Å². The molecule has 2 heterocycles. The van der Waals surface area contributed by atoms with E-state index in [9.17, 15) is 9.59 Å². The fourth-order valence-corrected chi connectivity index (χ4v) is 2.45. The van der Waals surface area contributed by atoms with Crippen LogP contribution in [0, 0.1) is 0 Å². The molecule has 0 saturated carbocycles. The number of carbonyl (C=O) groups is 2. The topological polar surface area (TPSA) is 59.5 Å². The van der Waals surface area contributed by atoms with Gasteiger partial charge in [-0.3, -0.25) is 9.88 Å². The number of aromatic nitrogens is 1. The van der Waals surface area contributed by atoms with Gasteiger partial charge in [-0.25, -0.2) is 4.79 Å². The Kier molecular flexibility index (Phi) is 4.06. The molecule has 0 N–H and O–H groups in total. The zero-order valence-corrected chi connectivity index (χ0v) is 12.1. The van der Waals surface area contributed by atoms with Crippen molar-refractivity contribution in [3.63, 3.8) is 0 Å². The molecule has 20 heavy (non-hydrogen) atoms. The molecule has 1 saturated heterocycles. The monoisotopic (exact) mass is 276 g/mol. The molecule has 1 amide bonds. The van der Waals surface area contributed by atoms with Crippen molar-refractivity contribution in [2.75, 3.05) is 0 Å². The van der Waals surface area contributed by atoms with Crippen LogP contribution in [0.1, 0.15) is 45.2 Å². The first-order chi connectivity index (χ1) is 9.42. The summed E-state index contributed by atoms with van der Waals surface area (Å²) < 4.78 is 5.41. The summed E-state index contributed by atoms with van der Waals surface area (Å²) in [5.74, 6) is 0. The molecule has 2 rings (SSSR count). The molecule has 0 spiro atoms. The highest BCUT2D eigenvalue weighted by atomic mass is 16.6. The van der Waals surface area contributed by atoms with Gasteiger partial charge in [-0.05, 0) is 45.2 Å². The van der Waals surface area contributed by atoms with Crippen LogP contribution in [0.2, 0.25) is 0 Å². The molecule has 0 radical (unpaired) electrons. The van der Waals surface area contributed by atoms with Crippen molar-refractivity contribution < 1.29 is 14.3 Å². The summed E-state index contributed by atoms with van der Waals surface area (Å²) in [6.07, 6.45) is 5.19. The van der Waals surface area contributed by atoms with Crippen molar-refractivity contribution in [3.8, 4) is 0 Å². The van der Waals surface area contributed by atoms with E-state index >= 15 is 0 Å². The molecule has 108 valence electrons. The molecule has 1 fully saturated rings. The van der Waals surface area contributed by atoms with Crippen LogP contribution in [0.15, 0.2) is 24.5 Å². The number of hydrogen-bond acceptors (Lipinski definition) is 4. The SMILES string of the molecule is CC(C)(C)OC(=O)N1[C@H](C=O)CC[C@@H]1c1cccnc1. The second-order valence-electron chi connectivity index (χ2n) is 5.97. The van der Waals surface area contributed by atoms with Gasteiger partial charge in [-0.15, -0.1) is 0 Å². The molecule has 1 aliphatic rings. The maximum atomic E-state index is 12.3. The zero-order chi connectivity index (χ0) is 14.8. The first-order valence-electron chi connectivity index (χ1n) is 6.79. The fraction of sp³-hybridized carbons (Fsp3) is 0.533. The first-order valence-corrected chi connectivity index (χ1v) is 6.79. The molecular formula is C15H20N2O3. The molecule has 0 aliphatic carbocycles. The van der Waals surface area contributed by atoms with Crippen molar-refractivity contribution in [1.82, 2.24) is 9.88 Å².